The van der Waals surface area contributed by atoms with Crippen LogP contribution in [-0.4, -0.2) is 47.2 Å². The number of nitrogens with zero attached hydrogens (tertiary/aromatic N) is 3. The number of hydrogen-bond donors (Lipinski definition) is 1. The Morgan fingerprint density at radius 2 is 2.09 bits per heavy atom. The standard InChI is InChI=1S/C16H22N4O2S/c21-14(10-20-8-11-4-1-2-5-12(11)9-20)17-16-19-18-15(23-16)13-6-3-7-22-13/h1-2,11-13H,3-10H2,(H,17,19,21)/t11-,12+,13?. The third-order valence-corrected chi connectivity index (χ3v) is 5.89. The zero-order valence-electron chi connectivity index (χ0n) is 13.1. The number of likely N-dealkylation sites (tertiary alicyclic amines) is 1. The summed E-state index contributed by atoms with van der Waals surface area (Å²) in [5, 5.41) is 12.6. The predicted molar refractivity (Wildman–Crippen MR) is 88.3 cm³/mol. The Labute approximate surface area is 139 Å². The molecule has 0 spiro atoms. The van der Waals surface area contributed by atoms with Crippen LogP contribution in [0.4, 0.5) is 5.13 Å². The first-order valence-corrected chi connectivity index (χ1v) is 9.22. The lowest BCUT2D eigenvalue weighted by molar-refractivity contribution is -0.117. The Kier molecular flexibility index (Phi) is 4.41. The van der Waals surface area contributed by atoms with Crippen molar-refractivity contribution in [3.05, 3.63) is 17.2 Å². The Morgan fingerprint density at radius 3 is 2.78 bits per heavy atom. The number of anilines is 1. The first-order chi connectivity index (χ1) is 11.3. The van der Waals surface area contributed by atoms with Crippen molar-refractivity contribution in [3.8, 4) is 0 Å². The minimum absolute atomic E-state index is 0.00615. The van der Waals surface area contributed by atoms with Crippen LogP contribution in [-0.2, 0) is 9.53 Å². The minimum Gasteiger partial charge on any atom is -0.371 e. The molecule has 1 unspecified atom stereocenters. The van der Waals surface area contributed by atoms with E-state index in [1.807, 2.05) is 0 Å². The van der Waals surface area contributed by atoms with E-state index in [2.05, 4.69) is 32.6 Å². The van der Waals surface area contributed by atoms with Gasteiger partial charge in [0.05, 0.1) is 6.54 Å². The number of hydrogen-bond acceptors (Lipinski definition) is 6. The van der Waals surface area contributed by atoms with E-state index in [-0.39, 0.29) is 12.0 Å². The van der Waals surface area contributed by atoms with Crippen LogP contribution >= 0.6 is 11.3 Å². The number of rotatable bonds is 4. The van der Waals surface area contributed by atoms with Crippen LogP contribution in [0.25, 0.3) is 0 Å². The number of aromatic nitrogens is 2. The summed E-state index contributed by atoms with van der Waals surface area (Å²) in [6.45, 7) is 3.29. The number of nitrogens with one attached hydrogen (secondary N) is 1. The van der Waals surface area contributed by atoms with Crippen molar-refractivity contribution >= 4 is 22.4 Å². The molecule has 23 heavy (non-hydrogen) atoms. The van der Waals surface area contributed by atoms with E-state index in [0.717, 1.165) is 62.2 Å². The molecule has 6 nitrogen and oxygen atoms in total. The maximum Gasteiger partial charge on any atom is 0.240 e. The van der Waals surface area contributed by atoms with Crippen LogP contribution in [0.2, 0.25) is 0 Å². The smallest absolute Gasteiger partial charge is 0.240 e. The quantitative estimate of drug-likeness (QED) is 0.855. The molecule has 2 aliphatic heterocycles. The molecule has 0 radical (unpaired) electrons. The highest BCUT2D eigenvalue weighted by Crippen LogP contribution is 2.33. The largest absolute Gasteiger partial charge is 0.371 e. The lowest BCUT2D eigenvalue weighted by Gasteiger charge is -2.18. The number of carbonyl (C=O) groups is 1. The molecular formula is C16H22N4O2S. The average Bonchev–Trinajstić information content (AvgIpc) is 3.26. The molecule has 1 N–H and O–H groups in total. The number of allylic oxidation sites excluding steroid dienone is 2. The lowest BCUT2D eigenvalue weighted by Crippen LogP contribution is -2.31. The Hall–Kier alpha value is -1.31. The van der Waals surface area contributed by atoms with Crippen LogP contribution in [0.15, 0.2) is 12.2 Å². The summed E-state index contributed by atoms with van der Waals surface area (Å²) in [7, 11) is 0. The fraction of sp³-hybridized carbons (Fsp3) is 0.688. The molecule has 3 heterocycles. The van der Waals surface area contributed by atoms with E-state index in [1.165, 1.54) is 11.3 Å². The van der Waals surface area contributed by atoms with Gasteiger partial charge in [0, 0.05) is 19.7 Å². The summed E-state index contributed by atoms with van der Waals surface area (Å²) in [4.78, 5) is 14.5. The second-order valence-corrected chi connectivity index (χ2v) is 7.66. The van der Waals surface area contributed by atoms with Crippen molar-refractivity contribution in [1.82, 2.24) is 15.1 Å². The van der Waals surface area contributed by atoms with Gasteiger partial charge in [-0.3, -0.25) is 15.0 Å². The summed E-state index contributed by atoms with van der Waals surface area (Å²) in [6.07, 6.45) is 8.99. The average molecular weight is 334 g/mol. The Bertz CT molecular complexity index is 581. The summed E-state index contributed by atoms with van der Waals surface area (Å²) in [5.74, 6) is 1.45. The summed E-state index contributed by atoms with van der Waals surface area (Å²) in [6, 6.07) is 0. The summed E-state index contributed by atoms with van der Waals surface area (Å²) < 4.78 is 5.60. The minimum atomic E-state index is 0.00615. The van der Waals surface area contributed by atoms with Crippen LogP contribution in [0.1, 0.15) is 36.8 Å². The van der Waals surface area contributed by atoms with Gasteiger partial charge in [-0.25, -0.2) is 0 Å². The molecule has 2 fully saturated rings. The number of carbonyl (C=O) groups excluding carboxylic acids is 1. The number of fused-ring (bicyclic) bond motifs is 1. The molecule has 0 aromatic carbocycles. The molecule has 4 rings (SSSR count). The Balaban J connectivity index is 1.29. The van der Waals surface area contributed by atoms with Gasteiger partial charge < -0.3 is 4.74 Å². The molecule has 0 bridgehead atoms. The molecule has 1 aromatic rings. The van der Waals surface area contributed by atoms with Gasteiger partial charge in [-0.05, 0) is 37.5 Å². The van der Waals surface area contributed by atoms with Gasteiger partial charge in [-0.2, -0.15) is 0 Å². The zero-order chi connectivity index (χ0) is 15.6. The van der Waals surface area contributed by atoms with Gasteiger partial charge in [-0.15, -0.1) is 10.2 Å². The summed E-state index contributed by atoms with van der Waals surface area (Å²) >= 11 is 1.43. The normalized spacial score (nSPS) is 30.5. The van der Waals surface area contributed by atoms with E-state index in [0.29, 0.717) is 11.7 Å². The first-order valence-electron chi connectivity index (χ1n) is 8.40. The topological polar surface area (TPSA) is 67.4 Å². The van der Waals surface area contributed by atoms with E-state index in [9.17, 15) is 4.79 Å². The first kappa shape index (κ1) is 15.2. The van der Waals surface area contributed by atoms with Gasteiger partial charge in [0.2, 0.25) is 11.0 Å². The monoisotopic (exact) mass is 334 g/mol. The van der Waals surface area contributed by atoms with Crippen molar-refractivity contribution in [3.63, 3.8) is 0 Å². The van der Waals surface area contributed by atoms with E-state index in [4.69, 9.17) is 4.74 Å². The second-order valence-electron chi connectivity index (χ2n) is 6.65. The molecule has 3 atom stereocenters. The number of ether oxygens (including phenoxy) is 1. The lowest BCUT2D eigenvalue weighted by atomic mass is 9.86. The van der Waals surface area contributed by atoms with Crippen LogP contribution in [0, 0.1) is 11.8 Å². The predicted octanol–water partition coefficient (Wildman–Crippen LogP) is 2.23. The van der Waals surface area contributed by atoms with Crippen molar-refractivity contribution in [2.45, 2.75) is 31.8 Å². The fourth-order valence-electron chi connectivity index (χ4n) is 3.79. The third kappa shape index (κ3) is 3.46. The second kappa shape index (κ2) is 6.67. The van der Waals surface area contributed by atoms with Crippen LogP contribution in [0.3, 0.4) is 0 Å². The van der Waals surface area contributed by atoms with Crippen LogP contribution < -0.4 is 5.32 Å². The van der Waals surface area contributed by atoms with Crippen molar-refractivity contribution in [2.24, 2.45) is 11.8 Å². The van der Waals surface area contributed by atoms with Crippen molar-refractivity contribution in [1.29, 1.82) is 0 Å². The SMILES string of the molecule is O=C(CN1C[C@H]2CC=CC[C@H]2C1)Nc1nnc(C2CCCO2)s1. The molecule has 1 amide bonds. The zero-order valence-corrected chi connectivity index (χ0v) is 13.9. The molecular weight excluding hydrogens is 312 g/mol. The van der Waals surface area contributed by atoms with Crippen molar-refractivity contribution in [2.75, 3.05) is 31.6 Å². The molecule has 3 aliphatic rings. The third-order valence-electron chi connectivity index (χ3n) is 4.96. The molecule has 124 valence electrons. The maximum atomic E-state index is 12.2. The van der Waals surface area contributed by atoms with Gasteiger partial charge in [0.25, 0.3) is 0 Å². The molecule has 0 saturated carbocycles. The molecule has 7 heteroatoms. The highest BCUT2D eigenvalue weighted by molar-refractivity contribution is 7.15. The fourth-order valence-corrected chi connectivity index (χ4v) is 4.63. The van der Waals surface area contributed by atoms with Gasteiger partial charge >= 0.3 is 0 Å². The molecule has 1 aromatic heterocycles. The van der Waals surface area contributed by atoms with Gasteiger partial charge in [0.1, 0.15) is 11.1 Å². The van der Waals surface area contributed by atoms with Crippen molar-refractivity contribution < 1.29 is 9.53 Å². The highest BCUT2D eigenvalue weighted by atomic mass is 32.1. The van der Waals surface area contributed by atoms with E-state index < -0.39 is 0 Å². The molecule has 1 aliphatic carbocycles. The molecule has 2 saturated heterocycles. The van der Waals surface area contributed by atoms with E-state index in [1.54, 1.807) is 0 Å². The Morgan fingerprint density at radius 1 is 1.30 bits per heavy atom. The summed E-state index contributed by atoms with van der Waals surface area (Å²) in [5.41, 5.74) is 0. The highest BCUT2D eigenvalue weighted by Gasteiger charge is 2.33. The van der Waals surface area contributed by atoms with E-state index >= 15 is 0 Å². The maximum absolute atomic E-state index is 12.2. The van der Waals surface area contributed by atoms with Crippen LogP contribution in [0.5, 0.6) is 0 Å². The van der Waals surface area contributed by atoms with Gasteiger partial charge in [0.15, 0.2) is 0 Å². The van der Waals surface area contributed by atoms with Gasteiger partial charge in [-0.1, -0.05) is 23.5 Å². The number of amides is 1.